The van der Waals surface area contributed by atoms with Gasteiger partial charge in [0.15, 0.2) is 0 Å². The standard InChI is InChI=1S/C14H26N2O2/c1-11(2)15-8-14-13(6-7-18-14)9-16(4)12(3)10-17-5/h6-7,11-12,15H,8-10H2,1-5H3. The highest BCUT2D eigenvalue weighted by Gasteiger charge is 2.13. The molecule has 0 fully saturated rings. The number of rotatable bonds is 8. The number of methoxy groups -OCH3 is 1. The van der Waals surface area contributed by atoms with Gasteiger partial charge >= 0.3 is 0 Å². The molecule has 1 rings (SSSR count). The van der Waals surface area contributed by atoms with Crippen LogP contribution in [0.4, 0.5) is 0 Å². The van der Waals surface area contributed by atoms with Crippen molar-refractivity contribution in [3.63, 3.8) is 0 Å². The Morgan fingerprint density at radius 1 is 1.39 bits per heavy atom. The van der Waals surface area contributed by atoms with E-state index in [1.807, 2.05) is 6.07 Å². The highest BCUT2D eigenvalue weighted by molar-refractivity contribution is 5.17. The normalized spacial score (nSPS) is 13.5. The molecule has 0 bridgehead atoms. The fourth-order valence-corrected chi connectivity index (χ4v) is 1.75. The molecular weight excluding hydrogens is 228 g/mol. The third-order valence-corrected chi connectivity index (χ3v) is 3.09. The lowest BCUT2D eigenvalue weighted by Gasteiger charge is -2.23. The van der Waals surface area contributed by atoms with Gasteiger partial charge in [0.2, 0.25) is 0 Å². The van der Waals surface area contributed by atoms with Crippen molar-refractivity contribution >= 4 is 0 Å². The molecule has 4 heteroatoms. The van der Waals surface area contributed by atoms with Crippen LogP contribution in [0.1, 0.15) is 32.1 Å². The van der Waals surface area contributed by atoms with Crippen LogP contribution in [0.5, 0.6) is 0 Å². The fourth-order valence-electron chi connectivity index (χ4n) is 1.75. The molecule has 18 heavy (non-hydrogen) atoms. The zero-order valence-electron chi connectivity index (χ0n) is 12.2. The molecule has 0 saturated heterocycles. The summed E-state index contributed by atoms with van der Waals surface area (Å²) in [5, 5.41) is 3.38. The van der Waals surface area contributed by atoms with Gasteiger partial charge in [0.05, 0.1) is 19.4 Å². The number of ether oxygens (including phenoxy) is 1. The molecule has 1 aromatic rings. The average Bonchev–Trinajstić information content (AvgIpc) is 2.74. The van der Waals surface area contributed by atoms with E-state index >= 15 is 0 Å². The summed E-state index contributed by atoms with van der Waals surface area (Å²) in [6.07, 6.45) is 1.77. The zero-order chi connectivity index (χ0) is 13.5. The van der Waals surface area contributed by atoms with E-state index in [-0.39, 0.29) is 0 Å². The van der Waals surface area contributed by atoms with Crippen molar-refractivity contribution in [3.8, 4) is 0 Å². The Balaban J connectivity index is 2.53. The van der Waals surface area contributed by atoms with Gasteiger partial charge in [-0.05, 0) is 20.0 Å². The van der Waals surface area contributed by atoms with Crippen LogP contribution in [-0.4, -0.2) is 37.7 Å². The number of nitrogens with one attached hydrogen (secondary N) is 1. The lowest BCUT2D eigenvalue weighted by molar-refractivity contribution is 0.111. The third kappa shape index (κ3) is 4.80. The Kier molecular flexibility index (Phi) is 6.39. The predicted octanol–water partition coefficient (Wildman–Crippen LogP) is 2.24. The van der Waals surface area contributed by atoms with Gasteiger partial charge < -0.3 is 14.5 Å². The minimum absolute atomic E-state index is 0.399. The second kappa shape index (κ2) is 7.56. The maximum absolute atomic E-state index is 5.54. The molecule has 1 N–H and O–H groups in total. The van der Waals surface area contributed by atoms with E-state index in [2.05, 4.69) is 38.0 Å². The summed E-state index contributed by atoms with van der Waals surface area (Å²) in [5.41, 5.74) is 1.24. The summed E-state index contributed by atoms with van der Waals surface area (Å²) in [7, 11) is 3.84. The molecule has 0 amide bonds. The van der Waals surface area contributed by atoms with E-state index in [0.717, 1.165) is 25.5 Å². The van der Waals surface area contributed by atoms with Gasteiger partial charge in [-0.15, -0.1) is 0 Å². The maximum Gasteiger partial charge on any atom is 0.122 e. The van der Waals surface area contributed by atoms with Crippen molar-refractivity contribution in [1.29, 1.82) is 0 Å². The topological polar surface area (TPSA) is 37.6 Å². The summed E-state index contributed by atoms with van der Waals surface area (Å²) < 4.78 is 10.7. The van der Waals surface area contributed by atoms with E-state index in [1.165, 1.54) is 5.56 Å². The van der Waals surface area contributed by atoms with Gasteiger partial charge in [-0.25, -0.2) is 0 Å². The second-order valence-corrected chi connectivity index (χ2v) is 5.12. The lowest BCUT2D eigenvalue weighted by atomic mass is 10.2. The van der Waals surface area contributed by atoms with Crippen molar-refractivity contribution < 1.29 is 9.15 Å². The largest absolute Gasteiger partial charge is 0.468 e. The predicted molar refractivity (Wildman–Crippen MR) is 73.5 cm³/mol. The smallest absolute Gasteiger partial charge is 0.122 e. The quantitative estimate of drug-likeness (QED) is 0.772. The van der Waals surface area contributed by atoms with Gasteiger partial charge in [-0.1, -0.05) is 13.8 Å². The Hall–Kier alpha value is -0.840. The minimum atomic E-state index is 0.399. The fraction of sp³-hybridized carbons (Fsp3) is 0.714. The Labute approximate surface area is 110 Å². The molecule has 0 aliphatic heterocycles. The number of nitrogens with zero attached hydrogens (tertiary/aromatic N) is 1. The summed E-state index contributed by atoms with van der Waals surface area (Å²) in [4.78, 5) is 2.27. The van der Waals surface area contributed by atoms with Crippen LogP contribution >= 0.6 is 0 Å². The molecule has 1 aromatic heterocycles. The van der Waals surface area contributed by atoms with Crippen molar-refractivity contribution in [3.05, 3.63) is 23.7 Å². The molecule has 0 aliphatic rings. The van der Waals surface area contributed by atoms with Crippen molar-refractivity contribution in [2.24, 2.45) is 0 Å². The van der Waals surface area contributed by atoms with E-state index in [0.29, 0.717) is 12.1 Å². The van der Waals surface area contributed by atoms with Crippen LogP contribution in [-0.2, 0) is 17.8 Å². The first kappa shape index (κ1) is 15.2. The first-order valence-corrected chi connectivity index (χ1v) is 6.52. The lowest BCUT2D eigenvalue weighted by Crippen LogP contribution is -2.32. The van der Waals surface area contributed by atoms with E-state index < -0.39 is 0 Å². The molecule has 0 saturated carbocycles. The Morgan fingerprint density at radius 3 is 2.72 bits per heavy atom. The van der Waals surface area contributed by atoms with E-state index in [9.17, 15) is 0 Å². The van der Waals surface area contributed by atoms with Gasteiger partial charge in [-0.3, -0.25) is 4.90 Å². The second-order valence-electron chi connectivity index (χ2n) is 5.12. The van der Waals surface area contributed by atoms with Crippen LogP contribution in [0, 0.1) is 0 Å². The summed E-state index contributed by atoms with van der Waals surface area (Å²) in [6, 6.07) is 2.91. The summed E-state index contributed by atoms with van der Waals surface area (Å²) in [5.74, 6) is 1.03. The first-order chi connectivity index (χ1) is 8.54. The Morgan fingerprint density at radius 2 is 2.11 bits per heavy atom. The summed E-state index contributed by atoms with van der Waals surface area (Å²) in [6.45, 7) is 8.84. The van der Waals surface area contributed by atoms with E-state index in [4.69, 9.17) is 9.15 Å². The monoisotopic (exact) mass is 254 g/mol. The van der Waals surface area contributed by atoms with Crippen molar-refractivity contribution in [2.45, 2.75) is 45.9 Å². The highest BCUT2D eigenvalue weighted by Crippen LogP contribution is 2.14. The molecule has 0 aromatic carbocycles. The molecule has 1 heterocycles. The Bertz CT molecular complexity index is 336. The van der Waals surface area contributed by atoms with Crippen LogP contribution in [0.15, 0.2) is 16.7 Å². The highest BCUT2D eigenvalue weighted by atomic mass is 16.5. The third-order valence-electron chi connectivity index (χ3n) is 3.09. The van der Waals surface area contributed by atoms with Crippen LogP contribution < -0.4 is 5.32 Å². The molecule has 0 aliphatic carbocycles. The van der Waals surface area contributed by atoms with Crippen molar-refractivity contribution in [1.82, 2.24) is 10.2 Å². The number of hydrogen-bond acceptors (Lipinski definition) is 4. The molecule has 104 valence electrons. The zero-order valence-corrected chi connectivity index (χ0v) is 12.2. The first-order valence-electron chi connectivity index (χ1n) is 6.52. The SMILES string of the molecule is COCC(C)N(C)Cc1ccoc1CNC(C)C. The van der Waals surface area contributed by atoms with Crippen LogP contribution in [0.2, 0.25) is 0 Å². The molecular formula is C14H26N2O2. The van der Waals surface area contributed by atoms with Crippen molar-refractivity contribution in [2.75, 3.05) is 20.8 Å². The molecule has 1 atom stereocenters. The van der Waals surface area contributed by atoms with Gasteiger partial charge in [0.25, 0.3) is 0 Å². The minimum Gasteiger partial charge on any atom is -0.468 e. The molecule has 0 spiro atoms. The molecule has 1 unspecified atom stereocenters. The average molecular weight is 254 g/mol. The number of hydrogen-bond donors (Lipinski definition) is 1. The van der Waals surface area contributed by atoms with Gasteiger partial charge in [0.1, 0.15) is 5.76 Å². The van der Waals surface area contributed by atoms with Gasteiger partial charge in [0, 0.05) is 31.3 Å². The molecule has 0 radical (unpaired) electrons. The van der Waals surface area contributed by atoms with E-state index in [1.54, 1.807) is 13.4 Å². The maximum atomic E-state index is 5.54. The van der Waals surface area contributed by atoms with Crippen LogP contribution in [0.25, 0.3) is 0 Å². The summed E-state index contributed by atoms with van der Waals surface area (Å²) >= 11 is 0. The number of furan rings is 1. The molecule has 4 nitrogen and oxygen atoms in total. The van der Waals surface area contributed by atoms with Crippen LogP contribution in [0.3, 0.4) is 0 Å². The number of likely N-dealkylation sites (N-methyl/N-ethyl adjacent to an activating group) is 1. The van der Waals surface area contributed by atoms with Gasteiger partial charge in [-0.2, -0.15) is 0 Å².